The number of carbonyl (C=O) groups excluding carboxylic acids is 2. The molecule has 1 fully saturated rings. The van der Waals surface area contributed by atoms with Crippen molar-refractivity contribution in [2.24, 2.45) is 0 Å². The van der Waals surface area contributed by atoms with Crippen LogP contribution in [0, 0.1) is 6.92 Å². The molecular formula is C15H19ClN2O3. The van der Waals surface area contributed by atoms with Gasteiger partial charge in [-0.1, -0.05) is 17.7 Å². The van der Waals surface area contributed by atoms with Crippen LogP contribution in [0.25, 0.3) is 0 Å². The average molecular weight is 311 g/mol. The van der Waals surface area contributed by atoms with E-state index in [0.29, 0.717) is 18.1 Å². The first kappa shape index (κ1) is 15.8. The largest absolute Gasteiger partial charge is 0.375 e. The summed E-state index contributed by atoms with van der Waals surface area (Å²) in [5.74, 6) is -0.267. The van der Waals surface area contributed by atoms with E-state index in [1.165, 1.54) is 7.11 Å². The van der Waals surface area contributed by atoms with Crippen molar-refractivity contribution in [1.29, 1.82) is 0 Å². The minimum atomic E-state index is -0.500. The van der Waals surface area contributed by atoms with Gasteiger partial charge >= 0.3 is 0 Å². The van der Waals surface area contributed by atoms with Crippen LogP contribution in [0.3, 0.4) is 0 Å². The van der Waals surface area contributed by atoms with Crippen LogP contribution in [0.4, 0.5) is 5.69 Å². The van der Waals surface area contributed by atoms with Crippen LogP contribution < -0.4 is 4.90 Å². The normalized spacial score (nSPS) is 19.0. The SMILES string of the molecule is COCC(=O)N1CCN(c2cc(Cl)ccc2C)C(=O)[C@@H]1C. The lowest BCUT2D eigenvalue weighted by molar-refractivity contribution is -0.143. The van der Waals surface area contributed by atoms with Crippen molar-refractivity contribution in [3.63, 3.8) is 0 Å². The molecule has 0 radical (unpaired) electrons. The summed E-state index contributed by atoms with van der Waals surface area (Å²) >= 11 is 6.02. The van der Waals surface area contributed by atoms with Crippen LogP contribution in [-0.2, 0) is 14.3 Å². The number of rotatable bonds is 3. The Balaban J connectivity index is 2.21. The molecule has 0 aliphatic carbocycles. The fraction of sp³-hybridized carbons (Fsp3) is 0.467. The number of anilines is 1. The molecule has 0 unspecified atom stereocenters. The van der Waals surface area contributed by atoms with Gasteiger partial charge in [0, 0.05) is 30.9 Å². The maximum Gasteiger partial charge on any atom is 0.249 e. The van der Waals surface area contributed by atoms with Crippen molar-refractivity contribution in [2.45, 2.75) is 19.9 Å². The smallest absolute Gasteiger partial charge is 0.249 e. The summed E-state index contributed by atoms with van der Waals surface area (Å²) in [7, 11) is 1.47. The zero-order valence-corrected chi connectivity index (χ0v) is 13.2. The predicted molar refractivity (Wildman–Crippen MR) is 81.6 cm³/mol. The Morgan fingerprint density at radius 2 is 2.14 bits per heavy atom. The highest BCUT2D eigenvalue weighted by Gasteiger charge is 2.35. The van der Waals surface area contributed by atoms with Crippen LogP contribution in [0.15, 0.2) is 18.2 Å². The number of aryl methyl sites for hydroxylation is 1. The van der Waals surface area contributed by atoms with E-state index in [-0.39, 0.29) is 18.4 Å². The van der Waals surface area contributed by atoms with Crippen LogP contribution >= 0.6 is 11.6 Å². The van der Waals surface area contributed by atoms with E-state index < -0.39 is 6.04 Å². The first-order valence-corrected chi connectivity index (χ1v) is 7.19. The summed E-state index contributed by atoms with van der Waals surface area (Å²) in [5.41, 5.74) is 1.79. The molecule has 2 rings (SSSR count). The third-order valence-corrected chi connectivity index (χ3v) is 3.94. The Bertz CT molecular complexity index is 562. The van der Waals surface area contributed by atoms with Crippen LogP contribution in [0.5, 0.6) is 0 Å². The lowest BCUT2D eigenvalue weighted by Crippen LogP contribution is -2.58. The van der Waals surface area contributed by atoms with E-state index in [4.69, 9.17) is 16.3 Å². The highest BCUT2D eigenvalue weighted by molar-refractivity contribution is 6.31. The van der Waals surface area contributed by atoms with E-state index in [2.05, 4.69) is 0 Å². The minimum absolute atomic E-state index is 0.00614. The number of benzene rings is 1. The van der Waals surface area contributed by atoms with E-state index in [1.54, 1.807) is 28.9 Å². The molecule has 0 spiro atoms. The van der Waals surface area contributed by atoms with Crippen molar-refractivity contribution in [3.8, 4) is 0 Å². The number of carbonyl (C=O) groups is 2. The number of piperazine rings is 1. The molecule has 1 atom stereocenters. The second kappa shape index (κ2) is 6.45. The molecule has 1 heterocycles. The average Bonchev–Trinajstić information content (AvgIpc) is 2.45. The van der Waals surface area contributed by atoms with Crippen molar-refractivity contribution >= 4 is 29.1 Å². The summed E-state index contributed by atoms with van der Waals surface area (Å²) < 4.78 is 4.85. The number of ether oxygens (including phenoxy) is 1. The Morgan fingerprint density at radius 3 is 2.81 bits per heavy atom. The van der Waals surface area contributed by atoms with E-state index in [9.17, 15) is 9.59 Å². The van der Waals surface area contributed by atoms with Crippen molar-refractivity contribution in [2.75, 3.05) is 31.7 Å². The van der Waals surface area contributed by atoms with Crippen molar-refractivity contribution in [1.82, 2.24) is 4.90 Å². The van der Waals surface area contributed by atoms with Gasteiger partial charge in [-0.3, -0.25) is 9.59 Å². The summed E-state index contributed by atoms with van der Waals surface area (Å²) in [6.07, 6.45) is 0. The second-order valence-corrected chi connectivity index (χ2v) is 5.55. The number of hydrogen-bond acceptors (Lipinski definition) is 3. The van der Waals surface area contributed by atoms with Gasteiger partial charge in [-0.15, -0.1) is 0 Å². The van der Waals surface area contributed by atoms with E-state index in [1.807, 2.05) is 13.0 Å². The fourth-order valence-corrected chi connectivity index (χ4v) is 2.70. The number of amides is 2. The Hall–Kier alpha value is -1.59. The quantitative estimate of drug-likeness (QED) is 0.856. The van der Waals surface area contributed by atoms with Gasteiger partial charge in [-0.05, 0) is 31.5 Å². The summed E-state index contributed by atoms with van der Waals surface area (Å²) in [6.45, 7) is 4.61. The molecule has 6 heteroatoms. The summed E-state index contributed by atoms with van der Waals surface area (Å²) in [5, 5.41) is 0.592. The minimum Gasteiger partial charge on any atom is -0.375 e. The lowest BCUT2D eigenvalue weighted by atomic mass is 10.1. The van der Waals surface area contributed by atoms with E-state index >= 15 is 0 Å². The Labute approximate surface area is 129 Å². The molecule has 21 heavy (non-hydrogen) atoms. The molecule has 114 valence electrons. The molecule has 1 aromatic rings. The molecule has 1 aliphatic heterocycles. The molecule has 0 saturated carbocycles. The molecule has 0 aromatic heterocycles. The maximum absolute atomic E-state index is 12.6. The predicted octanol–water partition coefficient (Wildman–Crippen LogP) is 1.86. The monoisotopic (exact) mass is 310 g/mol. The molecule has 1 aliphatic rings. The maximum atomic E-state index is 12.6. The highest BCUT2D eigenvalue weighted by atomic mass is 35.5. The van der Waals surface area contributed by atoms with Gasteiger partial charge in [0.1, 0.15) is 12.6 Å². The van der Waals surface area contributed by atoms with Crippen LogP contribution in [-0.4, -0.2) is 49.6 Å². The Morgan fingerprint density at radius 1 is 1.43 bits per heavy atom. The number of nitrogens with zero attached hydrogens (tertiary/aromatic N) is 2. The van der Waals surface area contributed by atoms with Gasteiger partial charge in [-0.2, -0.15) is 0 Å². The topological polar surface area (TPSA) is 49.9 Å². The third-order valence-electron chi connectivity index (χ3n) is 3.71. The van der Waals surface area contributed by atoms with Gasteiger partial charge in [-0.25, -0.2) is 0 Å². The van der Waals surface area contributed by atoms with Crippen molar-refractivity contribution in [3.05, 3.63) is 28.8 Å². The lowest BCUT2D eigenvalue weighted by Gasteiger charge is -2.39. The standard InChI is InChI=1S/C15H19ClN2O3/c1-10-4-5-12(16)8-13(10)18-7-6-17(11(2)15(18)20)14(19)9-21-3/h4-5,8,11H,6-7,9H2,1-3H3/t11-/m0/s1. The molecular weight excluding hydrogens is 292 g/mol. The number of methoxy groups -OCH3 is 1. The van der Waals surface area contributed by atoms with Gasteiger partial charge in [0.05, 0.1) is 0 Å². The first-order chi connectivity index (χ1) is 9.95. The van der Waals surface area contributed by atoms with Gasteiger partial charge < -0.3 is 14.5 Å². The second-order valence-electron chi connectivity index (χ2n) is 5.12. The van der Waals surface area contributed by atoms with Crippen LogP contribution in [0.2, 0.25) is 5.02 Å². The first-order valence-electron chi connectivity index (χ1n) is 6.81. The molecule has 0 N–H and O–H groups in total. The number of halogens is 1. The van der Waals surface area contributed by atoms with E-state index in [0.717, 1.165) is 11.3 Å². The molecule has 0 bridgehead atoms. The molecule has 1 saturated heterocycles. The Kier molecular flexibility index (Phi) is 4.85. The summed E-state index contributed by atoms with van der Waals surface area (Å²) in [6, 6.07) is 4.97. The third kappa shape index (κ3) is 3.19. The zero-order chi connectivity index (χ0) is 15.6. The van der Waals surface area contributed by atoms with Gasteiger partial charge in [0.15, 0.2) is 0 Å². The molecule has 1 aromatic carbocycles. The highest BCUT2D eigenvalue weighted by Crippen LogP contribution is 2.27. The van der Waals surface area contributed by atoms with Crippen molar-refractivity contribution < 1.29 is 14.3 Å². The van der Waals surface area contributed by atoms with Crippen LogP contribution in [0.1, 0.15) is 12.5 Å². The number of hydrogen-bond donors (Lipinski definition) is 0. The fourth-order valence-electron chi connectivity index (χ4n) is 2.53. The van der Waals surface area contributed by atoms with Gasteiger partial charge in [0.25, 0.3) is 0 Å². The zero-order valence-electron chi connectivity index (χ0n) is 12.4. The van der Waals surface area contributed by atoms with Gasteiger partial charge in [0.2, 0.25) is 11.8 Å². The molecule has 2 amide bonds. The summed E-state index contributed by atoms with van der Waals surface area (Å²) in [4.78, 5) is 27.7. The molecule has 5 nitrogen and oxygen atoms in total.